The third-order valence-electron chi connectivity index (χ3n) is 3.88. The van der Waals surface area contributed by atoms with Gasteiger partial charge in [0.2, 0.25) is 0 Å². The normalized spacial score (nSPS) is 14.0. The summed E-state index contributed by atoms with van der Waals surface area (Å²) in [5, 5.41) is 0.529. The molecule has 0 radical (unpaired) electrons. The molecule has 3 rings (SSSR count). The Bertz CT molecular complexity index is 667. The number of nitrogens with zero attached hydrogens (tertiary/aromatic N) is 4. The summed E-state index contributed by atoms with van der Waals surface area (Å²) >= 11 is 6.15. The fraction of sp³-hybridized carbons (Fsp3) is 0.412. The highest BCUT2D eigenvalue weighted by Crippen LogP contribution is 2.39. The largest absolute Gasteiger partial charge is 0.378 e. The van der Waals surface area contributed by atoms with E-state index in [-0.39, 0.29) is 0 Å². The molecule has 1 saturated carbocycles. The van der Waals surface area contributed by atoms with Crippen molar-refractivity contribution in [1.82, 2.24) is 9.97 Å². The average Bonchev–Trinajstić information content (AvgIpc) is 3.31. The Hall–Kier alpha value is -1.81. The minimum absolute atomic E-state index is 0.503. The molecule has 1 aromatic heterocycles. The first kappa shape index (κ1) is 15.1. The van der Waals surface area contributed by atoms with Crippen LogP contribution in [-0.2, 0) is 6.54 Å². The van der Waals surface area contributed by atoms with Crippen LogP contribution in [0.3, 0.4) is 0 Å². The lowest BCUT2D eigenvalue weighted by molar-refractivity contribution is 0.854. The first-order valence-corrected chi connectivity index (χ1v) is 7.92. The van der Waals surface area contributed by atoms with Gasteiger partial charge in [-0.3, -0.25) is 0 Å². The molecule has 0 saturated heterocycles. The highest BCUT2D eigenvalue weighted by Gasteiger charge is 2.27. The summed E-state index contributed by atoms with van der Waals surface area (Å²) in [6.07, 6.45) is 2.35. The van der Waals surface area contributed by atoms with Gasteiger partial charge >= 0.3 is 0 Å². The standard InChI is InChI=1S/C17H21ClN4/c1-21(2)14-6-4-5-12(9-14)11-22(3)16-10-15(18)19-17(20-16)13-7-8-13/h4-6,9-10,13H,7-8,11H2,1-3H3. The molecule has 22 heavy (non-hydrogen) atoms. The zero-order valence-corrected chi connectivity index (χ0v) is 14.0. The molecule has 0 amide bonds. The maximum absolute atomic E-state index is 6.15. The Morgan fingerprint density at radius 1 is 1.14 bits per heavy atom. The zero-order valence-electron chi connectivity index (χ0n) is 13.3. The summed E-state index contributed by atoms with van der Waals surface area (Å²) in [6.45, 7) is 0.791. The van der Waals surface area contributed by atoms with Gasteiger partial charge in [0.05, 0.1) is 0 Å². The maximum atomic E-state index is 6.15. The van der Waals surface area contributed by atoms with Gasteiger partial charge in [-0.15, -0.1) is 0 Å². The van der Waals surface area contributed by atoms with Crippen molar-refractivity contribution in [3.8, 4) is 0 Å². The van der Waals surface area contributed by atoms with Crippen molar-refractivity contribution in [3.05, 3.63) is 46.9 Å². The van der Waals surface area contributed by atoms with E-state index in [1.807, 2.05) is 13.1 Å². The van der Waals surface area contributed by atoms with E-state index >= 15 is 0 Å². The monoisotopic (exact) mass is 316 g/mol. The van der Waals surface area contributed by atoms with Crippen LogP contribution in [0, 0.1) is 0 Å². The van der Waals surface area contributed by atoms with Gasteiger partial charge in [0, 0.05) is 45.4 Å². The number of halogens is 1. The molecule has 2 aromatic rings. The summed E-state index contributed by atoms with van der Waals surface area (Å²) in [5.74, 6) is 2.27. The van der Waals surface area contributed by atoms with Crippen LogP contribution in [0.25, 0.3) is 0 Å². The van der Waals surface area contributed by atoms with Crippen LogP contribution in [0.1, 0.15) is 30.1 Å². The third kappa shape index (κ3) is 3.50. The molecule has 0 unspecified atom stereocenters. The summed E-state index contributed by atoms with van der Waals surface area (Å²) in [4.78, 5) is 13.2. The van der Waals surface area contributed by atoms with Crippen LogP contribution in [0.15, 0.2) is 30.3 Å². The number of hydrogen-bond acceptors (Lipinski definition) is 4. The fourth-order valence-corrected chi connectivity index (χ4v) is 2.61. The summed E-state index contributed by atoms with van der Waals surface area (Å²) in [5.41, 5.74) is 2.45. The first-order chi connectivity index (χ1) is 10.5. The molecule has 1 aliphatic rings. The minimum Gasteiger partial charge on any atom is -0.378 e. The number of rotatable bonds is 5. The van der Waals surface area contributed by atoms with Gasteiger partial charge in [0.15, 0.2) is 0 Å². The van der Waals surface area contributed by atoms with Crippen LogP contribution in [0.5, 0.6) is 0 Å². The second-order valence-corrected chi connectivity index (χ2v) is 6.49. The molecule has 1 heterocycles. The molecule has 1 aliphatic carbocycles. The number of aromatic nitrogens is 2. The van der Waals surface area contributed by atoms with Gasteiger partial charge in [-0.25, -0.2) is 9.97 Å². The number of anilines is 2. The molecular weight excluding hydrogens is 296 g/mol. The van der Waals surface area contributed by atoms with Gasteiger partial charge in [-0.05, 0) is 30.5 Å². The molecule has 4 nitrogen and oxygen atoms in total. The summed E-state index contributed by atoms with van der Waals surface area (Å²) in [6, 6.07) is 10.4. The van der Waals surface area contributed by atoms with E-state index in [1.54, 1.807) is 0 Å². The van der Waals surface area contributed by atoms with Gasteiger partial charge in [-0.1, -0.05) is 23.7 Å². The average molecular weight is 317 g/mol. The van der Waals surface area contributed by atoms with Crippen molar-refractivity contribution < 1.29 is 0 Å². The SMILES string of the molecule is CN(C)c1cccc(CN(C)c2cc(Cl)nc(C3CC3)n2)c1. The number of benzene rings is 1. The van der Waals surface area contributed by atoms with Crippen LogP contribution in [0.2, 0.25) is 5.15 Å². The molecule has 0 atom stereocenters. The molecule has 5 heteroatoms. The molecule has 0 aliphatic heterocycles. The van der Waals surface area contributed by atoms with Crippen LogP contribution in [0.4, 0.5) is 11.5 Å². The van der Waals surface area contributed by atoms with E-state index in [9.17, 15) is 0 Å². The third-order valence-corrected chi connectivity index (χ3v) is 4.07. The first-order valence-electron chi connectivity index (χ1n) is 7.55. The van der Waals surface area contributed by atoms with Crippen LogP contribution in [-0.4, -0.2) is 31.1 Å². The van der Waals surface area contributed by atoms with Crippen LogP contribution >= 0.6 is 11.6 Å². The van der Waals surface area contributed by atoms with Crippen molar-refractivity contribution in [2.45, 2.75) is 25.3 Å². The molecule has 0 spiro atoms. The predicted molar refractivity (Wildman–Crippen MR) is 91.9 cm³/mol. The van der Waals surface area contributed by atoms with E-state index < -0.39 is 0 Å². The Morgan fingerprint density at radius 2 is 1.91 bits per heavy atom. The van der Waals surface area contributed by atoms with Crippen molar-refractivity contribution in [2.24, 2.45) is 0 Å². The van der Waals surface area contributed by atoms with Crippen molar-refractivity contribution in [1.29, 1.82) is 0 Å². The quantitative estimate of drug-likeness (QED) is 0.787. The van der Waals surface area contributed by atoms with E-state index in [0.29, 0.717) is 11.1 Å². The summed E-state index contributed by atoms with van der Waals surface area (Å²) in [7, 11) is 6.14. The highest BCUT2D eigenvalue weighted by atomic mass is 35.5. The topological polar surface area (TPSA) is 32.3 Å². The zero-order chi connectivity index (χ0) is 15.7. The highest BCUT2D eigenvalue weighted by molar-refractivity contribution is 6.29. The Labute approximate surface area is 136 Å². The molecule has 1 aromatic carbocycles. The lowest BCUT2D eigenvalue weighted by Gasteiger charge is -2.20. The number of hydrogen-bond donors (Lipinski definition) is 0. The minimum atomic E-state index is 0.503. The van der Waals surface area contributed by atoms with Gasteiger partial charge in [-0.2, -0.15) is 0 Å². The lowest BCUT2D eigenvalue weighted by Crippen LogP contribution is -2.19. The Kier molecular flexibility index (Phi) is 4.21. The van der Waals surface area contributed by atoms with Crippen molar-refractivity contribution in [3.63, 3.8) is 0 Å². The second-order valence-electron chi connectivity index (χ2n) is 6.10. The van der Waals surface area contributed by atoms with E-state index in [2.05, 4.69) is 58.1 Å². The molecule has 116 valence electrons. The van der Waals surface area contributed by atoms with Gasteiger partial charge in [0.25, 0.3) is 0 Å². The molecule has 0 N–H and O–H groups in total. The van der Waals surface area contributed by atoms with Gasteiger partial charge < -0.3 is 9.80 Å². The van der Waals surface area contributed by atoms with Gasteiger partial charge in [0.1, 0.15) is 16.8 Å². The maximum Gasteiger partial charge on any atom is 0.135 e. The molecule has 1 fully saturated rings. The Balaban J connectivity index is 1.79. The van der Waals surface area contributed by atoms with Crippen LogP contribution < -0.4 is 9.80 Å². The summed E-state index contributed by atoms with van der Waals surface area (Å²) < 4.78 is 0. The lowest BCUT2D eigenvalue weighted by atomic mass is 10.2. The van der Waals surface area contributed by atoms with E-state index in [0.717, 1.165) is 18.2 Å². The fourth-order valence-electron chi connectivity index (χ4n) is 2.43. The smallest absolute Gasteiger partial charge is 0.135 e. The molecule has 0 bridgehead atoms. The van der Waals surface area contributed by atoms with Crippen molar-refractivity contribution >= 4 is 23.1 Å². The predicted octanol–water partition coefficient (Wildman–Crippen LogP) is 3.71. The van der Waals surface area contributed by atoms with E-state index in [1.165, 1.54) is 24.1 Å². The van der Waals surface area contributed by atoms with Crippen molar-refractivity contribution in [2.75, 3.05) is 30.9 Å². The Morgan fingerprint density at radius 3 is 2.59 bits per heavy atom. The molecular formula is C17H21ClN4. The van der Waals surface area contributed by atoms with E-state index in [4.69, 9.17) is 11.6 Å². The second kappa shape index (κ2) is 6.13.